The molecule has 100 valence electrons. The third-order valence-corrected chi connectivity index (χ3v) is 4.13. The lowest BCUT2D eigenvalue weighted by atomic mass is 9.75. The van der Waals surface area contributed by atoms with Gasteiger partial charge in [0.15, 0.2) is 0 Å². The Balaban J connectivity index is 1.98. The Morgan fingerprint density at radius 1 is 1.33 bits per heavy atom. The highest BCUT2D eigenvalue weighted by molar-refractivity contribution is 5.17. The van der Waals surface area contributed by atoms with Crippen molar-refractivity contribution in [1.82, 2.24) is 0 Å². The van der Waals surface area contributed by atoms with Gasteiger partial charge in [-0.3, -0.25) is 0 Å². The second-order valence-corrected chi connectivity index (χ2v) is 5.63. The Kier molecular flexibility index (Phi) is 4.76. The minimum Gasteiger partial charge on any atom is -0.393 e. The Labute approximate surface area is 109 Å². The first kappa shape index (κ1) is 13.5. The van der Waals surface area contributed by atoms with Crippen LogP contribution in [0.3, 0.4) is 0 Å². The first-order valence-corrected chi connectivity index (χ1v) is 7.11. The Morgan fingerprint density at radius 3 is 2.89 bits per heavy atom. The average Bonchev–Trinajstić information content (AvgIpc) is 2.34. The molecule has 1 saturated carbocycles. The summed E-state index contributed by atoms with van der Waals surface area (Å²) in [6.07, 6.45) is 6.21. The molecular weight excluding hydrogens is 227 g/mol. The van der Waals surface area contributed by atoms with Crippen LogP contribution in [0.15, 0.2) is 24.3 Å². The van der Waals surface area contributed by atoms with E-state index in [0.29, 0.717) is 5.92 Å². The van der Waals surface area contributed by atoms with E-state index in [1.165, 1.54) is 18.9 Å². The molecule has 1 aromatic rings. The highest BCUT2D eigenvalue weighted by Gasteiger charge is 2.28. The second-order valence-electron chi connectivity index (χ2n) is 5.63. The molecule has 0 amide bonds. The van der Waals surface area contributed by atoms with Gasteiger partial charge in [0.25, 0.3) is 0 Å². The summed E-state index contributed by atoms with van der Waals surface area (Å²) in [7, 11) is 0. The van der Waals surface area contributed by atoms with E-state index in [-0.39, 0.29) is 11.9 Å². The average molecular weight is 250 g/mol. The van der Waals surface area contributed by atoms with Crippen LogP contribution >= 0.6 is 0 Å². The van der Waals surface area contributed by atoms with Crippen LogP contribution in [-0.4, -0.2) is 11.2 Å². The van der Waals surface area contributed by atoms with E-state index in [1.807, 2.05) is 6.07 Å². The molecule has 0 saturated heterocycles. The number of aliphatic hydroxyl groups is 1. The minimum atomic E-state index is -0.207. The zero-order valence-corrected chi connectivity index (χ0v) is 11.1. The van der Waals surface area contributed by atoms with Crippen molar-refractivity contribution in [3.8, 4) is 0 Å². The summed E-state index contributed by atoms with van der Waals surface area (Å²) in [6, 6.07) is 6.78. The summed E-state index contributed by atoms with van der Waals surface area (Å²) in [5.41, 5.74) is 1.01. The quantitative estimate of drug-likeness (QED) is 0.858. The van der Waals surface area contributed by atoms with Crippen LogP contribution in [0.4, 0.5) is 4.39 Å². The van der Waals surface area contributed by atoms with Gasteiger partial charge in [-0.15, -0.1) is 0 Å². The number of halogens is 1. The fraction of sp³-hybridized carbons (Fsp3) is 0.625. The molecule has 1 aliphatic rings. The normalized spacial score (nSPS) is 28.3. The van der Waals surface area contributed by atoms with Crippen molar-refractivity contribution in [1.29, 1.82) is 0 Å². The molecule has 3 unspecified atom stereocenters. The van der Waals surface area contributed by atoms with Gasteiger partial charge in [-0.2, -0.15) is 0 Å². The Bertz CT molecular complexity index is 377. The van der Waals surface area contributed by atoms with E-state index >= 15 is 0 Å². The summed E-state index contributed by atoms with van der Waals surface area (Å²) in [6.45, 7) is 2.21. The molecule has 1 aliphatic carbocycles. The zero-order chi connectivity index (χ0) is 13.0. The van der Waals surface area contributed by atoms with Crippen molar-refractivity contribution in [3.63, 3.8) is 0 Å². The largest absolute Gasteiger partial charge is 0.393 e. The van der Waals surface area contributed by atoms with Gasteiger partial charge in [-0.25, -0.2) is 4.39 Å². The van der Waals surface area contributed by atoms with E-state index in [9.17, 15) is 9.50 Å². The molecule has 18 heavy (non-hydrogen) atoms. The van der Waals surface area contributed by atoms with E-state index in [2.05, 4.69) is 6.92 Å². The van der Waals surface area contributed by atoms with E-state index < -0.39 is 0 Å². The molecule has 0 radical (unpaired) electrons. The predicted octanol–water partition coefficient (Wildman–Crippen LogP) is 3.95. The van der Waals surface area contributed by atoms with E-state index in [1.54, 1.807) is 12.1 Å². The molecule has 1 fully saturated rings. The van der Waals surface area contributed by atoms with Crippen molar-refractivity contribution in [2.24, 2.45) is 11.8 Å². The third kappa shape index (κ3) is 3.55. The molecule has 0 aliphatic heterocycles. The predicted molar refractivity (Wildman–Crippen MR) is 71.8 cm³/mol. The maximum absolute atomic E-state index is 13.2. The molecule has 3 atom stereocenters. The molecule has 1 nitrogen and oxygen atoms in total. The van der Waals surface area contributed by atoms with Crippen molar-refractivity contribution in [2.75, 3.05) is 0 Å². The van der Waals surface area contributed by atoms with Gasteiger partial charge < -0.3 is 5.11 Å². The molecule has 1 N–H and O–H groups in total. The summed E-state index contributed by atoms with van der Waals surface area (Å²) in [5, 5.41) is 10.1. The van der Waals surface area contributed by atoms with Crippen LogP contribution in [0.25, 0.3) is 0 Å². The van der Waals surface area contributed by atoms with E-state index in [0.717, 1.165) is 37.2 Å². The van der Waals surface area contributed by atoms with Crippen molar-refractivity contribution in [2.45, 2.75) is 51.6 Å². The van der Waals surface area contributed by atoms with Gasteiger partial charge in [-0.05, 0) is 55.2 Å². The van der Waals surface area contributed by atoms with Gasteiger partial charge >= 0.3 is 0 Å². The van der Waals surface area contributed by atoms with Crippen LogP contribution < -0.4 is 0 Å². The van der Waals surface area contributed by atoms with Gasteiger partial charge in [0.2, 0.25) is 0 Å². The van der Waals surface area contributed by atoms with Crippen LogP contribution in [0.2, 0.25) is 0 Å². The number of rotatable bonds is 4. The second kappa shape index (κ2) is 6.33. The van der Waals surface area contributed by atoms with Gasteiger partial charge in [-0.1, -0.05) is 31.9 Å². The van der Waals surface area contributed by atoms with Gasteiger partial charge in [0.1, 0.15) is 5.82 Å². The number of benzene rings is 1. The van der Waals surface area contributed by atoms with Crippen molar-refractivity contribution in [3.05, 3.63) is 35.6 Å². The highest BCUT2D eigenvalue weighted by Crippen LogP contribution is 2.34. The molecule has 0 heterocycles. The smallest absolute Gasteiger partial charge is 0.123 e. The lowest BCUT2D eigenvalue weighted by Gasteiger charge is -2.33. The molecular formula is C16H23FO. The number of hydrogen-bond acceptors (Lipinski definition) is 1. The maximum Gasteiger partial charge on any atom is 0.123 e. The third-order valence-electron chi connectivity index (χ3n) is 4.13. The first-order chi connectivity index (χ1) is 8.69. The molecule has 2 heteroatoms. The van der Waals surface area contributed by atoms with Crippen molar-refractivity contribution >= 4 is 0 Å². The van der Waals surface area contributed by atoms with Crippen LogP contribution in [-0.2, 0) is 6.42 Å². The SMILES string of the molecule is CCCC1CCC(O)C(Cc2cccc(F)c2)C1. The topological polar surface area (TPSA) is 20.2 Å². The minimum absolute atomic E-state index is 0.178. The zero-order valence-electron chi connectivity index (χ0n) is 11.1. The molecule has 0 bridgehead atoms. The molecule has 0 aromatic heterocycles. The highest BCUT2D eigenvalue weighted by atomic mass is 19.1. The van der Waals surface area contributed by atoms with Crippen LogP contribution in [0, 0.1) is 17.7 Å². The fourth-order valence-corrected chi connectivity index (χ4v) is 3.20. The fourth-order valence-electron chi connectivity index (χ4n) is 3.20. The molecule has 0 spiro atoms. The Morgan fingerprint density at radius 2 is 2.17 bits per heavy atom. The first-order valence-electron chi connectivity index (χ1n) is 7.11. The number of hydrogen-bond donors (Lipinski definition) is 1. The lowest BCUT2D eigenvalue weighted by molar-refractivity contribution is 0.0462. The maximum atomic E-state index is 13.2. The summed E-state index contributed by atoms with van der Waals surface area (Å²) in [5.74, 6) is 0.872. The standard InChI is InChI=1S/C16H23FO/c1-2-4-12-7-8-16(18)14(9-12)10-13-5-3-6-15(17)11-13/h3,5-6,11-12,14,16,18H,2,4,7-10H2,1H3. The van der Waals surface area contributed by atoms with Gasteiger partial charge in [0.05, 0.1) is 6.10 Å². The summed E-state index contributed by atoms with van der Waals surface area (Å²) in [4.78, 5) is 0. The monoisotopic (exact) mass is 250 g/mol. The molecule has 1 aromatic carbocycles. The summed E-state index contributed by atoms with van der Waals surface area (Å²) >= 11 is 0. The lowest BCUT2D eigenvalue weighted by Crippen LogP contribution is -2.30. The van der Waals surface area contributed by atoms with Gasteiger partial charge in [0, 0.05) is 0 Å². The molecule has 2 rings (SSSR count). The van der Waals surface area contributed by atoms with E-state index in [4.69, 9.17) is 0 Å². The van der Waals surface area contributed by atoms with Crippen LogP contribution in [0.1, 0.15) is 44.6 Å². The van der Waals surface area contributed by atoms with Crippen molar-refractivity contribution < 1.29 is 9.50 Å². The van der Waals surface area contributed by atoms with Crippen LogP contribution in [0.5, 0.6) is 0 Å². The Hall–Kier alpha value is -0.890. The number of aliphatic hydroxyl groups excluding tert-OH is 1. The summed E-state index contributed by atoms with van der Waals surface area (Å²) < 4.78 is 13.2.